The number of fused-ring (bicyclic) bond motifs is 1. The highest BCUT2D eigenvalue weighted by Gasteiger charge is 2.10. The Balaban J connectivity index is 0.000000845. The zero-order valence-electron chi connectivity index (χ0n) is 7.17. The van der Waals surface area contributed by atoms with Gasteiger partial charge < -0.3 is 10.3 Å². The van der Waals surface area contributed by atoms with Crippen LogP contribution in [0.3, 0.4) is 0 Å². The topological polar surface area (TPSA) is 57.8 Å². The van der Waals surface area contributed by atoms with Crippen LogP contribution in [0.15, 0.2) is 11.1 Å². The summed E-state index contributed by atoms with van der Waals surface area (Å²) in [5.41, 5.74) is 1.81. The van der Waals surface area contributed by atoms with Gasteiger partial charge in [0.1, 0.15) is 0 Å². The molecule has 0 saturated heterocycles. The first-order valence-corrected chi connectivity index (χ1v) is 4.14. The SMILES string of the molecule is Cl.O=c1[nH]cnc2c1CCNCC2. The summed E-state index contributed by atoms with van der Waals surface area (Å²) in [6, 6.07) is 0. The van der Waals surface area contributed by atoms with E-state index in [1.807, 2.05) is 0 Å². The van der Waals surface area contributed by atoms with Crippen LogP contribution in [0, 0.1) is 0 Å². The van der Waals surface area contributed by atoms with E-state index < -0.39 is 0 Å². The standard InChI is InChI=1S/C8H11N3O.ClH/c12-8-6-1-3-9-4-2-7(6)10-5-11-8;/h5,9H,1-4H2,(H,10,11,12);1H. The average Bonchev–Trinajstić information content (AvgIpc) is 2.30. The first-order valence-electron chi connectivity index (χ1n) is 4.14. The average molecular weight is 202 g/mol. The summed E-state index contributed by atoms with van der Waals surface area (Å²) in [5, 5.41) is 3.23. The number of hydrogen-bond donors (Lipinski definition) is 2. The minimum Gasteiger partial charge on any atom is -0.316 e. The van der Waals surface area contributed by atoms with Crippen LogP contribution >= 0.6 is 12.4 Å². The lowest BCUT2D eigenvalue weighted by Gasteiger charge is -1.99. The molecule has 0 saturated carbocycles. The maximum Gasteiger partial charge on any atom is 0.254 e. The van der Waals surface area contributed by atoms with Gasteiger partial charge in [0.05, 0.1) is 12.0 Å². The van der Waals surface area contributed by atoms with Crippen LogP contribution in [0.2, 0.25) is 0 Å². The molecular formula is C8H12ClN3O. The summed E-state index contributed by atoms with van der Waals surface area (Å²) < 4.78 is 0. The summed E-state index contributed by atoms with van der Waals surface area (Å²) in [6.45, 7) is 1.80. The van der Waals surface area contributed by atoms with Gasteiger partial charge in [-0.1, -0.05) is 0 Å². The van der Waals surface area contributed by atoms with E-state index in [-0.39, 0.29) is 18.0 Å². The molecule has 72 valence electrons. The molecule has 0 aromatic carbocycles. The van der Waals surface area contributed by atoms with Crippen molar-refractivity contribution >= 4 is 12.4 Å². The van der Waals surface area contributed by atoms with Gasteiger partial charge in [-0.15, -0.1) is 12.4 Å². The molecule has 5 heteroatoms. The number of H-pyrrole nitrogens is 1. The van der Waals surface area contributed by atoms with E-state index in [0.717, 1.165) is 37.2 Å². The smallest absolute Gasteiger partial charge is 0.254 e. The van der Waals surface area contributed by atoms with Crippen molar-refractivity contribution in [2.45, 2.75) is 12.8 Å². The van der Waals surface area contributed by atoms with Crippen molar-refractivity contribution in [3.05, 3.63) is 27.9 Å². The molecule has 2 N–H and O–H groups in total. The molecule has 1 aromatic heterocycles. The van der Waals surface area contributed by atoms with Crippen molar-refractivity contribution in [3.8, 4) is 0 Å². The van der Waals surface area contributed by atoms with Gasteiger partial charge in [-0.25, -0.2) is 4.98 Å². The zero-order chi connectivity index (χ0) is 8.39. The normalized spacial score (nSPS) is 15.4. The summed E-state index contributed by atoms with van der Waals surface area (Å²) in [4.78, 5) is 18.0. The number of nitrogens with one attached hydrogen (secondary N) is 2. The Bertz CT molecular complexity index is 336. The van der Waals surface area contributed by atoms with Crippen molar-refractivity contribution in [1.29, 1.82) is 0 Å². The van der Waals surface area contributed by atoms with Crippen LogP contribution in [0.1, 0.15) is 11.3 Å². The summed E-state index contributed by atoms with van der Waals surface area (Å²) in [6.07, 6.45) is 3.13. The monoisotopic (exact) mass is 201 g/mol. The minimum atomic E-state index is 0. The van der Waals surface area contributed by atoms with Gasteiger partial charge in [-0.05, 0) is 13.0 Å². The number of hydrogen-bond acceptors (Lipinski definition) is 3. The lowest BCUT2D eigenvalue weighted by atomic mass is 10.1. The van der Waals surface area contributed by atoms with E-state index in [1.54, 1.807) is 0 Å². The Kier molecular flexibility index (Phi) is 3.45. The van der Waals surface area contributed by atoms with Crippen LogP contribution in [0.5, 0.6) is 0 Å². The van der Waals surface area contributed by atoms with Crippen LogP contribution in [0.25, 0.3) is 0 Å². The maximum absolute atomic E-state index is 11.3. The molecule has 0 atom stereocenters. The van der Waals surface area contributed by atoms with Crippen molar-refractivity contribution in [1.82, 2.24) is 15.3 Å². The van der Waals surface area contributed by atoms with Gasteiger partial charge in [0.25, 0.3) is 5.56 Å². The van der Waals surface area contributed by atoms with Crippen LogP contribution < -0.4 is 10.9 Å². The highest BCUT2D eigenvalue weighted by molar-refractivity contribution is 5.85. The second kappa shape index (κ2) is 4.39. The van der Waals surface area contributed by atoms with Crippen molar-refractivity contribution in [2.24, 2.45) is 0 Å². The highest BCUT2D eigenvalue weighted by atomic mass is 35.5. The molecule has 2 rings (SSSR count). The Morgan fingerprint density at radius 3 is 2.92 bits per heavy atom. The predicted octanol–water partition coefficient (Wildman–Crippen LogP) is -0.120. The minimum absolute atomic E-state index is 0. The van der Waals surface area contributed by atoms with Crippen molar-refractivity contribution < 1.29 is 0 Å². The number of nitrogens with zero attached hydrogens (tertiary/aromatic N) is 1. The Labute approximate surface area is 82.2 Å². The van der Waals surface area contributed by atoms with E-state index in [9.17, 15) is 4.79 Å². The van der Waals surface area contributed by atoms with E-state index in [4.69, 9.17) is 0 Å². The molecule has 1 aliphatic heterocycles. The molecule has 0 fully saturated rings. The molecule has 13 heavy (non-hydrogen) atoms. The van der Waals surface area contributed by atoms with Crippen LogP contribution in [0.4, 0.5) is 0 Å². The number of halogens is 1. The molecule has 0 radical (unpaired) electrons. The fraction of sp³-hybridized carbons (Fsp3) is 0.500. The van der Waals surface area contributed by atoms with E-state index >= 15 is 0 Å². The number of rotatable bonds is 0. The number of aromatic nitrogens is 2. The molecule has 0 spiro atoms. The Hall–Kier alpha value is -0.870. The quantitative estimate of drug-likeness (QED) is 0.616. The van der Waals surface area contributed by atoms with E-state index in [0.29, 0.717) is 0 Å². The molecule has 4 nitrogen and oxygen atoms in total. The molecule has 0 aliphatic carbocycles. The first-order chi connectivity index (χ1) is 5.88. The van der Waals surface area contributed by atoms with Crippen molar-refractivity contribution in [2.75, 3.05) is 13.1 Å². The van der Waals surface area contributed by atoms with Crippen LogP contribution in [-0.2, 0) is 12.8 Å². The summed E-state index contributed by atoms with van der Waals surface area (Å²) in [7, 11) is 0. The Morgan fingerprint density at radius 2 is 2.08 bits per heavy atom. The second-order valence-corrected chi connectivity index (χ2v) is 2.91. The fourth-order valence-corrected chi connectivity index (χ4v) is 1.48. The molecule has 1 aliphatic rings. The molecule has 2 heterocycles. The van der Waals surface area contributed by atoms with E-state index in [2.05, 4.69) is 15.3 Å². The molecule has 0 unspecified atom stereocenters. The maximum atomic E-state index is 11.3. The van der Waals surface area contributed by atoms with E-state index in [1.165, 1.54) is 6.33 Å². The molecule has 0 bridgehead atoms. The predicted molar refractivity (Wildman–Crippen MR) is 52.4 cm³/mol. The lowest BCUT2D eigenvalue weighted by molar-refractivity contribution is 0.708. The van der Waals surface area contributed by atoms with Gasteiger partial charge >= 0.3 is 0 Å². The summed E-state index contributed by atoms with van der Waals surface area (Å²) >= 11 is 0. The lowest BCUT2D eigenvalue weighted by Crippen LogP contribution is -2.18. The van der Waals surface area contributed by atoms with Gasteiger partial charge in [0.15, 0.2) is 0 Å². The van der Waals surface area contributed by atoms with Gasteiger partial charge in [-0.2, -0.15) is 0 Å². The highest BCUT2D eigenvalue weighted by Crippen LogP contribution is 2.02. The van der Waals surface area contributed by atoms with Gasteiger partial charge in [0.2, 0.25) is 0 Å². The summed E-state index contributed by atoms with van der Waals surface area (Å²) in [5.74, 6) is 0. The largest absolute Gasteiger partial charge is 0.316 e. The third-order valence-corrected chi connectivity index (χ3v) is 2.13. The molecular weight excluding hydrogens is 190 g/mol. The molecule has 1 aromatic rings. The van der Waals surface area contributed by atoms with Gasteiger partial charge in [-0.3, -0.25) is 4.79 Å². The molecule has 0 amide bonds. The van der Waals surface area contributed by atoms with Gasteiger partial charge in [0, 0.05) is 18.5 Å². The number of aromatic amines is 1. The fourth-order valence-electron chi connectivity index (χ4n) is 1.48. The third kappa shape index (κ3) is 2.08. The van der Waals surface area contributed by atoms with Crippen LogP contribution in [-0.4, -0.2) is 23.1 Å². The van der Waals surface area contributed by atoms with Crippen molar-refractivity contribution in [3.63, 3.8) is 0 Å². The third-order valence-electron chi connectivity index (χ3n) is 2.13. The zero-order valence-corrected chi connectivity index (χ0v) is 7.99. The Morgan fingerprint density at radius 1 is 1.31 bits per heavy atom. The first kappa shape index (κ1) is 10.2. The second-order valence-electron chi connectivity index (χ2n) is 2.91.